The standard InChI is InChI=1S/C21H18FN5O/c1-13-19(14(2)26(25-13)17-10-8-16(22)9-11-17)12-23-27-15(3)24-20-7-5-4-6-18(20)21(27)28/h4-12H,1-3H3. The predicted octanol–water partition coefficient (Wildman–Crippen LogP) is 3.53. The zero-order chi connectivity index (χ0) is 19.8. The summed E-state index contributed by atoms with van der Waals surface area (Å²) in [5.74, 6) is 0.201. The van der Waals surface area contributed by atoms with E-state index >= 15 is 0 Å². The minimum atomic E-state index is -0.300. The summed E-state index contributed by atoms with van der Waals surface area (Å²) in [6.07, 6.45) is 1.61. The van der Waals surface area contributed by atoms with Crippen LogP contribution in [0.4, 0.5) is 4.39 Å². The fourth-order valence-electron chi connectivity index (χ4n) is 3.16. The van der Waals surface area contributed by atoms with Gasteiger partial charge in [0.1, 0.15) is 11.6 Å². The highest BCUT2D eigenvalue weighted by atomic mass is 19.1. The molecule has 0 N–H and O–H groups in total. The van der Waals surface area contributed by atoms with E-state index in [2.05, 4.69) is 15.2 Å². The van der Waals surface area contributed by atoms with Crippen molar-refractivity contribution in [1.82, 2.24) is 19.4 Å². The van der Waals surface area contributed by atoms with Gasteiger partial charge in [-0.15, -0.1) is 0 Å². The Balaban J connectivity index is 1.78. The molecule has 0 amide bonds. The Hall–Kier alpha value is -3.61. The van der Waals surface area contributed by atoms with Gasteiger partial charge in [0.25, 0.3) is 5.56 Å². The second-order valence-corrected chi connectivity index (χ2v) is 6.51. The number of benzene rings is 2. The molecule has 2 heterocycles. The molecule has 0 aliphatic rings. The molecular weight excluding hydrogens is 357 g/mol. The normalized spacial score (nSPS) is 11.6. The van der Waals surface area contributed by atoms with E-state index in [1.54, 1.807) is 48.2 Å². The Bertz CT molecular complexity index is 1270. The van der Waals surface area contributed by atoms with Crippen molar-refractivity contribution in [2.75, 3.05) is 0 Å². The Labute approximate surface area is 160 Å². The van der Waals surface area contributed by atoms with Crippen LogP contribution in [0.15, 0.2) is 58.4 Å². The van der Waals surface area contributed by atoms with Crippen molar-refractivity contribution < 1.29 is 4.39 Å². The molecule has 6 nitrogen and oxygen atoms in total. The highest BCUT2D eigenvalue weighted by Crippen LogP contribution is 2.17. The first-order valence-corrected chi connectivity index (χ1v) is 8.80. The van der Waals surface area contributed by atoms with Gasteiger partial charge in [-0.05, 0) is 57.2 Å². The summed E-state index contributed by atoms with van der Waals surface area (Å²) in [5, 5.41) is 9.40. The molecule has 0 atom stereocenters. The van der Waals surface area contributed by atoms with Crippen LogP contribution in [0.1, 0.15) is 22.8 Å². The average molecular weight is 375 g/mol. The summed E-state index contributed by atoms with van der Waals surface area (Å²) in [6, 6.07) is 13.3. The fraction of sp³-hybridized carbons (Fsp3) is 0.143. The predicted molar refractivity (Wildman–Crippen MR) is 107 cm³/mol. The number of rotatable bonds is 3. The lowest BCUT2D eigenvalue weighted by Gasteiger charge is -2.05. The summed E-state index contributed by atoms with van der Waals surface area (Å²) in [4.78, 5) is 17.2. The first-order chi connectivity index (χ1) is 13.5. The lowest BCUT2D eigenvalue weighted by Crippen LogP contribution is -2.20. The van der Waals surface area contributed by atoms with Crippen molar-refractivity contribution in [1.29, 1.82) is 0 Å². The molecule has 0 bridgehead atoms. The van der Waals surface area contributed by atoms with E-state index in [1.165, 1.54) is 16.8 Å². The van der Waals surface area contributed by atoms with Crippen molar-refractivity contribution >= 4 is 17.1 Å². The molecule has 0 spiro atoms. The molecule has 0 fully saturated rings. The average Bonchev–Trinajstić information content (AvgIpc) is 2.96. The minimum Gasteiger partial charge on any atom is -0.267 e. The molecule has 0 radical (unpaired) electrons. The summed E-state index contributed by atoms with van der Waals surface area (Å²) < 4.78 is 16.2. The Kier molecular flexibility index (Phi) is 4.35. The van der Waals surface area contributed by atoms with Gasteiger partial charge in [0, 0.05) is 5.56 Å². The van der Waals surface area contributed by atoms with Gasteiger partial charge in [-0.25, -0.2) is 14.1 Å². The number of para-hydroxylation sites is 1. The molecule has 2 aromatic heterocycles. The molecule has 28 heavy (non-hydrogen) atoms. The van der Waals surface area contributed by atoms with Crippen LogP contribution in [0.25, 0.3) is 16.6 Å². The van der Waals surface area contributed by atoms with E-state index in [4.69, 9.17) is 0 Å². The lowest BCUT2D eigenvalue weighted by atomic mass is 10.2. The maximum absolute atomic E-state index is 13.2. The molecule has 0 saturated heterocycles. The van der Waals surface area contributed by atoms with Crippen molar-refractivity contribution in [3.63, 3.8) is 0 Å². The molecule has 0 unspecified atom stereocenters. The quantitative estimate of drug-likeness (QED) is 0.515. The molecule has 0 aliphatic carbocycles. The van der Waals surface area contributed by atoms with E-state index in [0.717, 1.165) is 22.6 Å². The highest BCUT2D eigenvalue weighted by Gasteiger charge is 2.12. The molecule has 4 aromatic rings. The van der Waals surface area contributed by atoms with Gasteiger partial charge < -0.3 is 0 Å². The van der Waals surface area contributed by atoms with E-state index in [0.29, 0.717) is 16.7 Å². The summed E-state index contributed by atoms with van der Waals surface area (Å²) in [6.45, 7) is 5.51. The molecular formula is C21H18FN5O. The van der Waals surface area contributed by atoms with Crippen LogP contribution in [-0.4, -0.2) is 25.7 Å². The molecule has 0 aliphatic heterocycles. The third-order valence-corrected chi connectivity index (χ3v) is 4.64. The second-order valence-electron chi connectivity index (χ2n) is 6.51. The third-order valence-electron chi connectivity index (χ3n) is 4.64. The third kappa shape index (κ3) is 3.00. The second kappa shape index (κ2) is 6.84. The number of nitrogens with zero attached hydrogens (tertiary/aromatic N) is 5. The van der Waals surface area contributed by atoms with Crippen LogP contribution in [0.3, 0.4) is 0 Å². The van der Waals surface area contributed by atoms with Crippen molar-refractivity contribution in [3.05, 3.63) is 87.5 Å². The number of hydrogen-bond acceptors (Lipinski definition) is 4. The molecule has 2 aromatic carbocycles. The van der Waals surface area contributed by atoms with E-state index in [1.807, 2.05) is 19.9 Å². The highest BCUT2D eigenvalue weighted by molar-refractivity contribution is 5.83. The van der Waals surface area contributed by atoms with Gasteiger partial charge in [-0.1, -0.05) is 12.1 Å². The van der Waals surface area contributed by atoms with Crippen LogP contribution >= 0.6 is 0 Å². The van der Waals surface area contributed by atoms with Gasteiger partial charge in [0.2, 0.25) is 0 Å². The van der Waals surface area contributed by atoms with Gasteiger partial charge in [0.05, 0.1) is 34.2 Å². The van der Waals surface area contributed by atoms with Crippen LogP contribution in [0.5, 0.6) is 0 Å². The molecule has 0 saturated carbocycles. The zero-order valence-electron chi connectivity index (χ0n) is 15.7. The summed E-state index contributed by atoms with van der Waals surface area (Å²) in [7, 11) is 0. The van der Waals surface area contributed by atoms with E-state index in [9.17, 15) is 9.18 Å². The lowest BCUT2D eigenvalue weighted by molar-refractivity contribution is 0.627. The number of hydrogen-bond donors (Lipinski definition) is 0. The van der Waals surface area contributed by atoms with E-state index in [-0.39, 0.29) is 11.4 Å². The van der Waals surface area contributed by atoms with Crippen LogP contribution in [0.2, 0.25) is 0 Å². The van der Waals surface area contributed by atoms with Gasteiger partial charge in [-0.2, -0.15) is 14.9 Å². The summed E-state index contributed by atoms with van der Waals surface area (Å²) in [5.41, 5.74) is 3.57. The SMILES string of the molecule is Cc1nn(-c2ccc(F)cc2)c(C)c1C=Nn1c(C)nc2ccccc2c1=O. The van der Waals surface area contributed by atoms with Crippen molar-refractivity contribution in [3.8, 4) is 5.69 Å². The van der Waals surface area contributed by atoms with Gasteiger partial charge in [0.15, 0.2) is 0 Å². The summed E-state index contributed by atoms with van der Waals surface area (Å²) >= 11 is 0. The Morgan fingerprint density at radius 2 is 1.75 bits per heavy atom. The molecule has 7 heteroatoms. The van der Waals surface area contributed by atoms with Gasteiger partial charge >= 0.3 is 0 Å². The zero-order valence-corrected chi connectivity index (χ0v) is 15.7. The van der Waals surface area contributed by atoms with Crippen LogP contribution in [-0.2, 0) is 0 Å². The van der Waals surface area contributed by atoms with E-state index < -0.39 is 0 Å². The Morgan fingerprint density at radius 1 is 1.04 bits per heavy atom. The van der Waals surface area contributed by atoms with Crippen LogP contribution in [0, 0.1) is 26.6 Å². The number of fused-ring (bicyclic) bond motifs is 1. The first-order valence-electron chi connectivity index (χ1n) is 8.80. The Morgan fingerprint density at radius 3 is 2.50 bits per heavy atom. The maximum atomic E-state index is 13.2. The molecule has 140 valence electrons. The minimum absolute atomic E-state index is 0.222. The largest absolute Gasteiger partial charge is 0.282 e. The number of halogens is 1. The van der Waals surface area contributed by atoms with Crippen molar-refractivity contribution in [2.24, 2.45) is 5.10 Å². The first kappa shape index (κ1) is 17.8. The van der Waals surface area contributed by atoms with Crippen LogP contribution < -0.4 is 5.56 Å². The fourth-order valence-corrected chi connectivity index (χ4v) is 3.16. The van der Waals surface area contributed by atoms with Gasteiger partial charge in [-0.3, -0.25) is 4.79 Å². The maximum Gasteiger partial charge on any atom is 0.282 e. The smallest absolute Gasteiger partial charge is 0.267 e. The topological polar surface area (TPSA) is 65.1 Å². The number of aryl methyl sites for hydroxylation is 2. The monoisotopic (exact) mass is 375 g/mol. The molecule has 4 rings (SSSR count). The van der Waals surface area contributed by atoms with Crippen molar-refractivity contribution in [2.45, 2.75) is 20.8 Å². The number of aromatic nitrogens is 4.